The highest BCUT2D eigenvalue weighted by Gasteiger charge is 2.25. The minimum atomic E-state index is 0.104. The number of hydrogen-bond acceptors (Lipinski definition) is 3. The Morgan fingerprint density at radius 2 is 2.21 bits per heavy atom. The van der Waals surface area contributed by atoms with Crippen LogP contribution >= 0.6 is 0 Å². The molecule has 1 aliphatic rings. The Morgan fingerprint density at radius 1 is 1.42 bits per heavy atom. The molecular weight excluding hydrogens is 238 g/mol. The number of hydrogen-bond donors (Lipinski definition) is 1. The molecule has 19 heavy (non-hydrogen) atoms. The minimum absolute atomic E-state index is 0.104. The van der Waals surface area contributed by atoms with Crippen molar-refractivity contribution in [1.82, 2.24) is 5.32 Å². The molecule has 1 heterocycles. The molecular formula is C16H25NO2. The van der Waals surface area contributed by atoms with Crippen molar-refractivity contribution in [1.29, 1.82) is 0 Å². The van der Waals surface area contributed by atoms with Crippen LogP contribution in [-0.2, 0) is 11.2 Å². The number of benzene rings is 1. The first kappa shape index (κ1) is 14.4. The molecule has 0 aliphatic carbocycles. The van der Waals surface area contributed by atoms with Crippen molar-refractivity contribution in [2.24, 2.45) is 0 Å². The maximum Gasteiger partial charge on any atom is 0.128 e. The van der Waals surface area contributed by atoms with Gasteiger partial charge in [-0.1, -0.05) is 32.9 Å². The Bertz CT molecular complexity index is 423. The van der Waals surface area contributed by atoms with Crippen LogP contribution in [0.3, 0.4) is 0 Å². The molecule has 0 saturated carbocycles. The van der Waals surface area contributed by atoms with Gasteiger partial charge >= 0.3 is 0 Å². The average molecular weight is 263 g/mol. The molecule has 3 nitrogen and oxygen atoms in total. The average Bonchev–Trinajstić information content (AvgIpc) is 2.46. The van der Waals surface area contributed by atoms with Crippen LogP contribution in [0.25, 0.3) is 0 Å². The molecule has 3 heteroatoms. The standard InChI is InChI=1S/C16H25NO2/c1-5-12-6-7-13(11(2)3)15(16(12)18-4)14-10-17-8-9-19-14/h6-7,11,14,17H,5,8-10H2,1-4H3. The smallest absolute Gasteiger partial charge is 0.128 e. The normalized spacial score (nSPS) is 19.7. The van der Waals surface area contributed by atoms with E-state index in [-0.39, 0.29) is 6.10 Å². The van der Waals surface area contributed by atoms with E-state index in [0.29, 0.717) is 5.92 Å². The summed E-state index contributed by atoms with van der Waals surface area (Å²) in [5, 5.41) is 3.41. The number of ether oxygens (including phenoxy) is 2. The van der Waals surface area contributed by atoms with Crippen molar-refractivity contribution in [3.05, 3.63) is 28.8 Å². The van der Waals surface area contributed by atoms with Crippen LogP contribution in [0.15, 0.2) is 12.1 Å². The van der Waals surface area contributed by atoms with Gasteiger partial charge in [0.05, 0.1) is 19.8 Å². The maximum absolute atomic E-state index is 5.95. The van der Waals surface area contributed by atoms with Gasteiger partial charge < -0.3 is 14.8 Å². The Hall–Kier alpha value is -1.06. The van der Waals surface area contributed by atoms with Crippen LogP contribution in [0, 0.1) is 0 Å². The second kappa shape index (κ2) is 6.40. The zero-order chi connectivity index (χ0) is 13.8. The van der Waals surface area contributed by atoms with Crippen LogP contribution in [0.5, 0.6) is 5.75 Å². The summed E-state index contributed by atoms with van der Waals surface area (Å²) in [4.78, 5) is 0. The fourth-order valence-electron chi connectivity index (χ4n) is 2.77. The third kappa shape index (κ3) is 2.93. The number of rotatable bonds is 4. The lowest BCUT2D eigenvalue weighted by Crippen LogP contribution is -2.34. The van der Waals surface area contributed by atoms with Gasteiger partial charge in [-0.15, -0.1) is 0 Å². The highest BCUT2D eigenvalue weighted by molar-refractivity contribution is 5.49. The molecule has 0 bridgehead atoms. The fraction of sp³-hybridized carbons (Fsp3) is 0.625. The molecule has 1 N–H and O–H groups in total. The molecule has 0 radical (unpaired) electrons. The molecule has 1 fully saturated rings. The number of nitrogens with one attached hydrogen (secondary N) is 1. The van der Waals surface area contributed by atoms with Crippen LogP contribution in [0.4, 0.5) is 0 Å². The topological polar surface area (TPSA) is 30.5 Å². The predicted molar refractivity (Wildman–Crippen MR) is 78.0 cm³/mol. The third-order valence-electron chi connectivity index (χ3n) is 3.77. The molecule has 0 amide bonds. The van der Waals surface area contributed by atoms with E-state index in [1.54, 1.807) is 7.11 Å². The van der Waals surface area contributed by atoms with E-state index in [2.05, 4.69) is 38.2 Å². The molecule has 1 aromatic carbocycles. The summed E-state index contributed by atoms with van der Waals surface area (Å²) in [5.41, 5.74) is 3.84. The zero-order valence-electron chi connectivity index (χ0n) is 12.5. The summed E-state index contributed by atoms with van der Waals surface area (Å²) in [6.07, 6.45) is 1.09. The van der Waals surface area contributed by atoms with E-state index < -0.39 is 0 Å². The fourth-order valence-corrected chi connectivity index (χ4v) is 2.77. The van der Waals surface area contributed by atoms with E-state index in [1.807, 2.05) is 0 Å². The van der Waals surface area contributed by atoms with Gasteiger partial charge in [0.1, 0.15) is 5.75 Å². The van der Waals surface area contributed by atoms with Gasteiger partial charge in [0, 0.05) is 18.7 Å². The summed E-state index contributed by atoms with van der Waals surface area (Å²) < 4.78 is 11.7. The zero-order valence-corrected chi connectivity index (χ0v) is 12.5. The van der Waals surface area contributed by atoms with E-state index in [1.165, 1.54) is 16.7 Å². The Morgan fingerprint density at radius 3 is 2.74 bits per heavy atom. The summed E-state index contributed by atoms with van der Waals surface area (Å²) >= 11 is 0. The van der Waals surface area contributed by atoms with Gasteiger partial charge in [-0.05, 0) is 23.5 Å². The van der Waals surface area contributed by atoms with Crippen molar-refractivity contribution >= 4 is 0 Å². The quantitative estimate of drug-likeness (QED) is 0.905. The first-order chi connectivity index (χ1) is 9.19. The maximum atomic E-state index is 5.95. The number of morpholine rings is 1. The van der Waals surface area contributed by atoms with Crippen LogP contribution in [-0.4, -0.2) is 26.8 Å². The van der Waals surface area contributed by atoms with Gasteiger partial charge in [0.15, 0.2) is 0 Å². The highest BCUT2D eigenvalue weighted by Crippen LogP contribution is 2.38. The molecule has 1 aliphatic heterocycles. The number of methoxy groups -OCH3 is 1. The molecule has 1 aromatic rings. The van der Waals surface area contributed by atoms with E-state index >= 15 is 0 Å². The number of aryl methyl sites for hydroxylation is 1. The van der Waals surface area contributed by atoms with Crippen molar-refractivity contribution < 1.29 is 9.47 Å². The first-order valence-electron chi connectivity index (χ1n) is 7.21. The van der Waals surface area contributed by atoms with Gasteiger partial charge in [-0.2, -0.15) is 0 Å². The van der Waals surface area contributed by atoms with Crippen LogP contribution in [0.2, 0.25) is 0 Å². The first-order valence-corrected chi connectivity index (χ1v) is 7.21. The second-order valence-corrected chi connectivity index (χ2v) is 5.33. The molecule has 0 aromatic heterocycles. The van der Waals surface area contributed by atoms with Crippen molar-refractivity contribution in [2.75, 3.05) is 26.8 Å². The Kier molecular flexibility index (Phi) is 4.83. The van der Waals surface area contributed by atoms with E-state index in [4.69, 9.17) is 9.47 Å². The lowest BCUT2D eigenvalue weighted by atomic mass is 9.90. The van der Waals surface area contributed by atoms with Crippen molar-refractivity contribution in [3.63, 3.8) is 0 Å². The lowest BCUT2D eigenvalue weighted by molar-refractivity contribution is 0.0255. The molecule has 0 spiro atoms. The van der Waals surface area contributed by atoms with Crippen molar-refractivity contribution in [2.45, 2.75) is 39.2 Å². The van der Waals surface area contributed by atoms with E-state index in [9.17, 15) is 0 Å². The Balaban J connectivity index is 2.51. The molecule has 2 rings (SSSR count). The minimum Gasteiger partial charge on any atom is -0.496 e. The molecule has 1 saturated heterocycles. The van der Waals surface area contributed by atoms with Crippen molar-refractivity contribution in [3.8, 4) is 5.75 Å². The Labute approximate surface area is 116 Å². The van der Waals surface area contributed by atoms with Gasteiger partial charge in [-0.3, -0.25) is 0 Å². The van der Waals surface area contributed by atoms with Gasteiger partial charge in [-0.25, -0.2) is 0 Å². The second-order valence-electron chi connectivity index (χ2n) is 5.33. The molecule has 106 valence electrons. The SMILES string of the molecule is CCc1ccc(C(C)C)c(C2CNCCO2)c1OC. The predicted octanol–water partition coefficient (Wildman–Crippen LogP) is 3.04. The summed E-state index contributed by atoms with van der Waals surface area (Å²) in [5.74, 6) is 1.49. The summed E-state index contributed by atoms with van der Waals surface area (Å²) in [7, 11) is 1.76. The highest BCUT2D eigenvalue weighted by atomic mass is 16.5. The van der Waals surface area contributed by atoms with E-state index in [0.717, 1.165) is 31.9 Å². The molecule has 1 atom stereocenters. The summed E-state index contributed by atoms with van der Waals surface area (Å²) in [6.45, 7) is 9.17. The lowest BCUT2D eigenvalue weighted by Gasteiger charge is -2.29. The monoisotopic (exact) mass is 263 g/mol. The largest absolute Gasteiger partial charge is 0.496 e. The third-order valence-corrected chi connectivity index (χ3v) is 3.77. The van der Waals surface area contributed by atoms with Gasteiger partial charge in [0.2, 0.25) is 0 Å². The summed E-state index contributed by atoms with van der Waals surface area (Å²) in [6, 6.07) is 4.42. The van der Waals surface area contributed by atoms with Crippen LogP contribution in [0.1, 0.15) is 49.5 Å². The van der Waals surface area contributed by atoms with Crippen LogP contribution < -0.4 is 10.1 Å². The van der Waals surface area contributed by atoms with Gasteiger partial charge in [0.25, 0.3) is 0 Å². The molecule has 1 unspecified atom stereocenters.